The van der Waals surface area contributed by atoms with Gasteiger partial charge in [0.05, 0.1) is 52.6 Å². The van der Waals surface area contributed by atoms with Crippen molar-refractivity contribution in [3.05, 3.63) is 107 Å². The Hall–Kier alpha value is -3.52. The molecular weight excluding hydrogens is 774 g/mol. The van der Waals surface area contributed by atoms with Crippen LogP contribution in [-0.2, 0) is 38.8 Å². The second kappa shape index (κ2) is 15.0. The van der Waals surface area contributed by atoms with Crippen LogP contribution in [0.4, 0.5) is 0 Å². The van der Waals surface area contributed by atoms with E-state index in [1.165, 1.54) is 4.08 Å². The van der Waals surface area contributed by atoms with Gasteiger partial charge in [0.15, 0.2) is 33.6 Å². The monoisotopic (exact) mass is 821 g/mol. The number of benzene rings is 4. The van der Waals surface area contributed by atoms with E-state index in [2.05, 4.69) is 13.8 Å². The summed E-state index contributed by atoms with van der Waals surface area (Å²) in [6.07, 6.45) is -0.256. The van der Waals surface area contributed by atoms with E-state index in [0.717, 1.165) is 11.1 Å². The Kier molecular flexibility index (Phi) is 10.5. The number of sulfonamides is 1. The Morgan fingerprint density at radius 1 is 0.643 bits per heavy atom. The first kappa shape index (κ1) is 39.3. The van der Waals surface area contributed by atoms with Crippen molar-refractivity contribution in [3.63, 3.8) is 0 Å². The number of sulfone groups is 1. The van der Waals surface area contributed by atoms with Crippen LogP contribution in [0.1, 0.15) is 74.9 Å². The fourth-order valence-electron chi connectivity index (χ4n) is 8.64. The zero-order chi connectivity index (χ0) is 39.5. The van der Waals surface area contributed by atoms with E-state index in [9.17, 15) is 8.42 Å². The summed E-state index contributed by atoms with van der Waals surface area (Å²) in [5.74, 6) is 0. The molecule has 1 saturated carbocycles. The second-order valence-corrected chi connectivity index (χ2v) is 22.0. The molecule has 0 spiro atoms. The van der Waals surface area contributed by atoms with E-state index >= 15 is 8.42 Å². The average molecular weight is 822 g/mol. The van der Waals surface area contributed by atoms with E-state index in [0.29, 0.717) is 72.3 Å². The number of aryl methyl sites for hydroxylation is 2. The smallest absolute Gasteiger partial charge is 0.324 e. The van der Waals surface area contributed by atoms with Crippen molar-refractivity contribution in [1.29, 1.82) is 0 Å². The molecule has 1 aromatic heterocycles. The van der Waals surface area contributed by atoms with Crippen molar-refractivity contribution in [2.24, 2.45) is 10.8 Å². The lowest BCUT2D eigenvalue weighted by molar-refractivity contribution is -0.0436. The summed E-state index contributed by atoms with van der Waals surface area (Å²) in [4.78, 5) is 0.328. The van der Waals surface area contributed by atoms with Gasteiger partial charge in [-0.2, -0.15) is 0 Å². The molecule has 0 N–H and O–H groups in total. The third-order valence-electron chi connectivity index (χ3n) is 11.0. The summed E-state index contributed by atoms with van der Waals surface area (Å²) in [5.41, 5.74) is 2.56. The van der Waals surface area contributed by atoms with Crippen LogP contribution in [0, 0.1) is 24.7 Å². The van der Waals surface area contributed by atoms with Crippen molar-refractivity contribution < 1.29 is 44.2 Å². The van der Waals surface area contributed by atoms with E-state index in [-0.39, 0.29) is 22.8 Å². The molecule has 298 valence electrons. The molecule has 8 rings (SSSR count). The Bertz CT molecular complexity index is 2430. The Morgan fingerprint density at radius 3 is 1.59 bits per heavy atom. The minimum atomic E-state index is -4.35. The fourth-order valence-corrected chi connectivity index (χ4v) is 14.6. The van der Waals surface area contributed by atoms with Crippen LogP contribution < -0.4 is 4.08 Å². The normalized spacial score (nSPS) is 22.4. The Balaban J connectivity index is 1.36. The molecule has 11 nitrogen and oxygen atoms in total. The summed E-state index contributed by atoms with van der Waals surface area (Å²) in [6.45, 7) is 11.4. The van der Waals surface area contributed by atoms with Crippen LogP contribution in [0.2, 0.25) is 0 Å². The molecule has 0 amide bonds. The summed E-state index contributed by atoms with van der Waals surface area (Å²) < 4.78 is 98.2. The van der Waals surface area contributed by atoms with E-state index in [1.54, 1.807) is 48.5 Å². The average Bonchev–Trinajstić information content (AvgIpc) is 3.87. The predicted octanol–water partition coefficient (Wildman–Crippen LogP) is 9.38. The van der Waals surface area contributed by atoms with E-state index in [4.69, 9.17) is 27.3 Å². The molecule has 0 bridgehead atoms. The van der Waals surface area contributed by atoms with Crippen molar-refractivity contribution in [1.82, 2.24) is 0 Å². The van der Waals surface area contributed by atoms with Gasteiger partial charge in [0.25, 0.3) is 10.0 Å². The number of nitrogens with zero attached hydrogens (tertiary/aromatic N) is 1. The molecule has 3 aliphatic rings. The standard InChI is InChI=1S/C42H48NO10PS2/c1-28-12-16-30(17-13-28)55(44,45)32-24-41(3,4)26-42(5,25-32)27-43(56(46,47)31-18-14-29(2)15-19-31)54-52-37-33(8-6-10-35(37)39-48-20-21-49-39)34-9-7-11-36(38(34)53-54)40-50-22-23-51-40/h6-19,32,39-40H,20-27H2,1-5H3. The van der Waals surface area contributed by atoms with Gasteiger partial charge in [-0.15, -0.1) is 0 Å². The lowest BCUT2D eigenvalue weighted by Gasteiger charge is -2.47. The van der Waals surface area contributed by atoms with Gasteiger partial charge >= 0.3 is 8.16 Å². The SMILES string of the molecule is Cc1ccc(S(=O)(=O)C2CC(C)(C)CC(C)(CN(p3oc4c(C5OCCO5)cccc4c4cccc(C5OCCO5)c4o3)S(=O)(=O)c3ccc(C)cc3)C2)cc1. The van der Waals surface area contributed by atoms with E-state index in [1.807, 2.05) is 57.2 Å². The highest BCUT2D eigenvalue weighted by molar-refractivity contribution is 7.97. The first-order chi connectivity index (χ1) is 26.6. The quantitative estimate of drug-likeness (QED) is 0.142. The zero-order valence-electron chi connectivity index (χ0n) is 32.3. The molecule has 2 unspecified atom stereocenters. The fraction of sp³-hybridized carbons (Fsp3) is 0.429. The molecule has 2 saturated heterocycles. The third kappa shape index (κ3) is 7.60. The maximum atomic E-state index is 15.2. The van der Waals surface area contributed by atoms with Crippen molar-refractivity contribution >= 4 is 50.0 Å². The number of ether oxygens (including phenoxy) is 4. The van der Waals surface area contributed by atoms with Crippen molar-refractivity contribution in [3.8, 4) is 0 Å². The predicted molar refractivity (Wildman–Crippen MR) is 215 cm³/mol. The largest absolute Gasteiger partial charge is 0.407 e. The number of hydrogen-bond acceptors (Lipinski definition) is 10. The van der Waals surface area contributed by atoms with Gasteiger partial charge in [0.2, 0.25) is 0 Å². The van der Waals surface area contributed by atoms with Gasteiger partial charge in [-0.1, -0.05) is 96.6 Å². The minimum absolute atomic E-state index is 0.0662. The number of hydrogen-bond donors (Lipinski definition) is 0. The summed E-state index contributed by atoms with van der Waals surface area (Å²) in [5, 5.41) is 0.589. The van der Waals surface area contributed by atoms with Gasteiger partial charge in [-0.05, 0) is 68.2 Å². The van der Waals surface area contributed by atoms with Crippen LogP contribution in [0.15, 0.2) is 103 Å². The molecule has 3 heterocycles. The van der Waals surface area contributed by atoms with Crippen LogP contribution in [0.3, 0.4) is 0 Å². The molecule has 0 radical (unpaired) electrons. The topological polar surface area (TPSA) is 135 Å². The third-order valence-corrected chi connectivity index (χ3v) is 16.9. The Morgan fingerprint density at radius 2 is 1.11 bits per heavy atom. The summed E-state index contributed by atoms with van der Waals surface area (Å²) in [7, 11) is -10.6. The maximum Gasteiger partial charge on any atom is 0.324 e. The maximum absolute atomic E-state index is 15.2. The van der Waals surface area contributed by atoms with Gasteiger partial charge in [0.1, 0.15) is 0 Å². The van der Waals surface area contributed by atoms with Crippen LogP contribution in [0.5, 0.6) is 0 Å². The molecule has 1 aliphatic carbocycles. The van der Waals surface area contributed by atoms with Crippen LogP contribution in [0.25, 0.3) is 21.9 Å². The second-order valence-electron chi connectivity index (χ2n) is 16.4. The number of fused-ring (bicyclic) bond motifs is 3. The molecular formula is C42H48NO10PS2. The number of rotatable bonds is 9. The highest BCUT2D eigenvalue weighted by atomic mass is 32.2. The molecule has 3 fully saturated rings. The zero-order valence-corrected chi connectivity index (χ0v) is 34.8. The Labute approximate surface area is 329 Å². The van der Waals surface area contributed by atoms with Crippen molar-refractivity contribution in [2.75, 3.05) is 37.0 Å². The highest BCUT2D eigenvalue weighted by Gasteiger charge is 2.49. The lowest BCUT2D eigenvalue weighted by atomic mass is 9.64. The molecule has 4 aromatic carbocycles. The summed E-state index contributed by atoms with van der Waals surface area (Å²) >= 11 is 0. The van der Waals surface area contributed by atoms with Crippen molar-refractivity contribution in [2.45, 2.75) is 81.5 Å². The molecule has 56 heavy (non-hydrogen) atoms. The molecule has 2 atom stereocenters. The minimum Gasteiger partial charge on any atom is -0.407 e. The molecule has 14 heteroatoms. The van der Waals surface area contributed by atoms with Gasteiger partial charge in [0, 0.05) is 17.3 Å². The van der Waals surface area contributed by atoms with Crippen LogP contribution >= 0.6 is 8.16 Å². The van der Waals surface area contributed by atoms with Gasteiger partial charge in [-0.25, -0.2) is 16.8 Å². The first-order valence-corrected chi connectivity index (χ1v) is 23.0. The van der Waals surface area contributed by atoms with Gasteiger partial charge in [-0.3, -0.25) is 0 Å². The number of para-hydroxylation sites is 2. The van der Waals surface area contributed by atoms with Crippen LogP contribution in [-0.4, -0.2) is 55.1 Å². The first-order valence-electron chi connectivity index (χ1n) is 18.9. The lowest BCUT2D eigenvalue weighted by Crippen LogP contribution is -2.48. The highest BCUT2D eigenvalue weighted by Crippen LogP contribution is 2.52. The molecule has 5 aromatic rings. The van der Waals surface area contributed by atoms with Gasteiger partial charge < -0.3 is 27.3 Å². The van der Waals surface area contributed by atoms with E-state index < -0.39 is 56.7 Å². The molecule has 2 aliphatic heterocycles. The summed E-state index contributed by atoms with van der Waals surface area (Å²) in [6, 6.07) is 24.9.